The average molecular weight is 247 g/mol. The van der Waals surface area contributed by atoms with Crippen LogP contribution in [0.15, 0.2) is 24.5 Å². The van der Waals surface area contributed by atoms with E-state index in [-0.39, 0.29) is 11.8 Å². The number of hydrogen-bond donors (Lipinski definition) is 2. The van der Waals surface area contributed by atoms with Gasteiger partial charge in [-0.05, 0) is 50.4 Å². The minimum atomic E-state index is -0.125. The lowest BCUT2D eigenvalue weighted by Gasteiger charge is -2.13. The fourth-order valence-electron chi connectivity index (χ4n) is 2.30. The van der Waals surface area contributed by atoms with Crippen LogP contribution in [0.2, 0.25) is 0 Å². The van der Waals surface area contributed by atoms with E-state index in [0.29, 0.717) is 0 Å². The van der Waals surface area contributed by atoms with Gasteiger partial charge in [0.1, 0.15) is 0 Å². The molecule has 1 aliphatic rings. The second-order valence-electron chi connectivity index (χ2n) is 4.95. The molecule has 2 N–H and O–H groups in total. The number of carbonyl (C=O) groups excluding carboxylic acids is 1. The Balaban J connectivity index is 1.74. The summed E-state index contributed by atoms with van der Waals surface area (Å²) in [5.74, 6) is 0.688. The zero-order valence-electron chi connectivity index (χ0n) is 10.9. The molecule has 0 bridgehead atoms. The van der Waals surface area contributed by atoms with Gasteiger partial charge < -0.3 is 10.6 Å². The van der Waals surface area contributed by atoms with Crippen molar-refractivity contribution in [3.63, 3.8) is 0 Å². The van der Waals surface area contributed by atoms with Crippen molar-refractivity contribution in [2.24, 2.45) is 5.92 Å². The lowest BCUT2D eigenvalue weighted by atomic mass is 10.0. The summed E-state index contributed by atoms with van der Waals surface area (Å²) in [5, 5.41) is 6.35. The van der Waals surface area contributed by atoms with E-state index in [2.05, 4.69) is 15.6 Å². The highest BCUT2D eigenvalue weighted by molar-refractivity contribution is 5.83. The minimum Gasteiger partial charge on any atom is -0.356 e. The first-order chi connectivity index (χ1) is 8.77. The van der Waals surface area contributed by atoms with Crippen molar-refractivity contribution in [2.75, 3.05) is 19.6 Å². The van der Waals surface area contributed by atoms with E-state index in [4.69, 9.17) is 0 Å². The highest BCUT2D eigenvalue weighted by Gasteiger charge is 2.17. The summed E-state index contributed by atoms with van der Waals surface area (Å²) in [6.45, 7) is 4.90. The Bertz CT molecular complexity index is 374. The molecule has 2 heterocycles. The van der Waals surface area contributed by atoms with Gasteiger partial charge in [0.15, 0.2) is 0 Å². The second-order valence-corrected chi connectivity index (χ2v) is 4.95. The van der Waals surface area contributed by atoms with Gasteiger partial charge in [-0.1, -0.05) is 6.07 Å². The van der Waals surface area contributed by atoms with Gasteiger partial charge in [0, 0.05) is 18.9 Å². The fraction of sp³-hybridized carbons (Fsp3) is 0.571. The first-order valence-corrected chi connectivity index (χ1v) is 6.65. The van der Waals surface area contributed by atoms with Crippen LogP contribution < -0.4 is 10.6 Å². The maximum atomic E-state index is 12.0. The summed E-state index contributed by atoms with van der Waals surface area (Å²) in [7, 11) is 0. The summed E-state index contributed by atoms with van der Waals surface area (Å²) >= 11 is 0. The molecule has 2 atom stereocenters. The highest BCUT2D eigenvalue weighted by Crippen LogP contribution is 2.14. The zero-order valence-corrected chi connectivity index (χ0v) is 10.9. The minimum absolute atomic E-state index is 0.0916. The average Bonchev–Trinajstić information content (AvgIpc) is 2.92. The predicted octanol–water partition coefficient (Wildman–Crippen LogP) is 1.30. The largest absolute Gasteiger partial charge is 0.356 e. The summed E-state index contributed by atoms with van der Waals surface area (Å²) in [5.41, 5.74) is 0.970. The van der Waals surface area contributed by atoms with Gasteiger partial charge in [-0.3, -0.25) is 9.78 Å². The molecule has 18 heavy (non-hydrogen) atoms. The molecule has 2 unspecified atom stereocenters. The first kappa shape index (κ1) is 13.0. The molecule has 2 rings (SSSR count). The number of carbonyl (C=O) groups is 1. The first-order valence-electron chi connectivity index (χ1n) is 6.65. The number of nitrogens with one attached hydrogen (secondary N) is 2. The third-order valence-corrected chi connectivity index (χ3v) is 3.59. The van der Waals surface area contributed by atoms with Crippen molar-refractivity contribution in [1.82, 2.24) is 15.6 Å². The summed E-state index contributed by atoms with van der Waals surface area (Å²) in [4.78, 5) is 16.0. The second kappa shape index (κ2) is 6.50. The number of aromatic nitrogens is 1. The number of nitrogens with zero attached hydrogens (tertiary/aromatic N) is 1. The number of amides is 1. The van der Waals surface area contributed by atoms with E-state index >= 15 is 0 Å². The van der Waals surface area contributed by atoms with Gasteiger partial charge in [0.25, 0.3) is 0 Å². The van der Waals surface area contributed by atoms with Crippen molar-refractivity contribution in [3.05, 3.63) is 30.1 Å². The molecule has 98 valence electrons. The fourth-order valence-corrected chi connectivity index (χ4v) is 2.30. The predicted molar refractivity (Wildman–Crippen MR) is 71.3 cm³/mol. The van der Waals surface area contributed by atoms with E-state index in [9.17, 15) is 4.79 Å². The molecule has 0 radical (unpaired) electrons. The van der Waals surface area contributed by atoms with Crippen LogP contribution in [0.5, 0.6) is 0 Å². The Morgan fingerprint density at radius 2 is 2.56 bits per heavy atom. The number of hydrogen-bond acceptors (Lipinski definition) is 3. The molecule has 1 fully saturated rings. The molecule has 4 heteroatoms. The van der Waals surface area contributed by atoms with Crippen LogP contribution >= 0.6 is 0 Å². The van der Waals surface area contributed by atoms with E-state index in [1.54, 1.807) is 12.4 Å². The van der Waals surface area contributed by atoms with E-state index in [1.165, 1.54) is 6.42 Å². The topological polar surface area (TPSA) is 54.0 Å². The number of pyridine rings is 1. The molecule has 0 aromatic carbocycles. The maximum absolute atomic E-state index is 12.0. The Morgan fingerprint density at radius 3 is 3.22 bits per heavy atom. The van der Waals surface area contributed by atoms with Crippen LogP contribution in [0.4, 0.5) is 0 Å². The van der Waals surface area contributed by atoms with Gasteiger partial charge in [0.2, 0.25) is 5.91 Å². The molecule has 1 saturated heterocycles. The molecule has 1 amide bonds. The van der Waals surface area contributed by atoms with Crippen LogP contribution in [0.25, 0.3) is 0 Å². The van der Waals surface area contributed by atoms with Gasteiger partial charge in [-0.25, -0.2) is 0 Å². The lowest BCUT2D eigenvalue weighted by molar-refractivity contribution is -0.122. The van der Waals surface area contributed by atoms with Crippen LogP contribution in [0, 0.1) is 5.92 Å². The van der Waals surface area contributed by atoms with Gasteiger partial charge >= 0.3 is 0 Å². The van der Waals surface area contributed by atoms with Crippen LogP contribution in [-0.4, -0.2) is 30.5 Å². The van der Waals surface area contributed by atoms with Crippen LogP contribution in [0.3, 0.4) is 0 Å². The van der Waals surface area contributed by atoms with E-state index in [1.807, 2.05) is 19.1 Å². The summed E-state index contributed by atoms with van der Waals surface area (Å²) in [6.07, 6.45) is 5.78. The molecule has 0 spiro atoms. The number of rotatable bonds is 5. The molecular weight excluding hydrogens is 226 g/mol. The van der Waals surface area contributed by atoms with E-state index in [0.717, 1.165) is 37.5 Å². The van der Waals surface area contributed by atoms with Crippen molar-refractivity contribution in [1.29, 1.82) is 0 Å². The molecule has 0 saturated carbocycles. The van der Waals surface area contributed by atoms with Gasteiger partial charge in [-0.15, -0.1) is 0 Å². The Hall–Kier alpha value is -1.42. The molecule has 1 aliphatic heterocycles. The smallest absolute Gasteiger partial charge is 0.227 e. The third-order valence-electron chi connectivity index (χ3n) is 3.59. The standard InChI is InChI=1S/C14H21N3O/c1-11(13-3-2-6-15-10-13)14(18)17-8-5-12-4-7-16-9-12/h2-3,6,10-12,16H,4-5,7-9H2,1H3,(H,17,18). The van der Waals surface area contributed by atoms with E-state index < -0.39 is 0 Å². The molecular formula is C14H21N3O. The Morgan fingerprint density at radius 1 is 1.67 bits per heavy atom. The van der Waals surface area contributed by atoms with Crippen molar-refractivity contribution in [2.45, 2.75) is 25.7 Å². The molecule has 1 aromatic heterocycles. The van der Waals surface area contributed by atoms with Crippen LogP contribution in [0.1, 0.15) is 31.2 Å². The van der Waals surface area contributed by atoms with Crippen molar-refractivity contribution in [3.8, 4) is 0 Å². The van der Waals surface area contributed by atoms with Crippen LogP contribution in [-0.2, 0) is 4.79 Å². The quantitative estimate of drug-likeness (QED) is 0.824. The summed E-state index contributed by atoms with van der Waals surface area (Å²) in [6, 6.07) is 3.81. The third kappa shape index (κ3) is 3.53. The summed E-state index contributed by atoms with van der Waals surface area (Å²) < 4.78 is 0. The maximum Gasteiger partial charge on any atom is 0.227 e. The Labute approximate surface area is 108 Å². The molecule has 4 nitrogen and oxygen atoms in total. The lowest BCUT2D eigenvalue weighted by Crippen LogP contribution is -2.30. The van der Waals surface area contributed by atoms with Crippen molar-refractivity contribution < 1.29 is 4.79 Å². The Kier molecular flexibility index (Phi) is 4.70. The normalized spacial score (nSPS) is 20.6. The van der Waals surface area contributed by atoms with Crippen molar-refractivity contribution >= 4 is 5.91 Å². The molecule has 1 aromatic rings. The SMILES string of the molecule is CC(C(=O)NCCC1CCNC1)c1cccnc1. The van der Waals surface area contributed by atoms with Gasteiger partial charge in [-0.2, -0.15) is 0 Å². The van der Waals surface area contributed by atoms with Gasteiger partial charge in [0.05, 0.1) is 5.92 Å². The molecule has 0 aliphatic carbocycles. The monoisotopic (exact) mass is 247 g/mol. The zero-order chi connectivity index (χ0) is 12.8. The highest BCUT2D eigenvalue weighted by atomic mass is 16.1.